The van der Waals surface area contributed by atoms with Crippen molar-refractivity contribution < 1.29 is 4.79 Å². The molecule has 0 aliphatic rings. The van der Waals surface area contributed by atoms with Crippen LogP contribution < -0.4 is 5.56 Å². The Morgan fingerprint density at radius 3 is 2.75 bits per heavy atom. The van der Waals surface area contributed by atoms with Gasteiger partial charge in [-0.2, -0.15) is 0 Å². The van der Waals surface area contributed by atoms with Gasteiger partial charge in [0.25, 0.3) is 5.56 Å². The van der Waals surface area contributed by atoms with Gasteiger partial charge in [0.2, 0.25) is 0 Å². The van der Waals surface area contributed by atoms with Crippen LogP contribution >= 0.6 is 0 Å². The number of nitrogens with one attached hydrogen (secondary N) is 1. The molecule has 0 aliphatic heterocycles. The molecule has 5 heteroatoms. The van der Waals surface area contributed by atoms with E-state index in [1.165, 1.54) is 0 Å². The van der Waals surface area contributed by atoms with Crippen molar-refractivity contribution in [3.8, 4) is 0 Å². The lowest BCUT2D eigenvalue weighted by atomic mass is 10.1. The van der Waals surface area contributed by atoms with Gasteiger partial charge in [0, 0.05) is 11.8 Å². The molecule has 98 valence electrons. The van der Waals surface area contributed by atoms with Gasteiger partial charge in [0.1, 0.15) is 11.2 Å². The lowest BCUT2D eigenvalue weighted by molar-refractivity contribution is 0.0991. The molecule has 3 rings (SSSR count). The zero-order valence-electron chi connectivity index (χ0n) is 10.5. The number of fused-ring (bicyclic) bond motifs is 1. The number of aromatic amines is 1. The highest BCUT2D eigenvalue weighted by atomic mass is 16.1. The SMILES string of the molecule is O=C(Cc1nc2cnccc2[nH]c1=O)c1ccccc1. The van der Waals surface area contributed by atoms with E-state index in [2.05, 4.69) is 15.0 Å². The number of carbonyl (C=O) groups excluding carboxylic acids is 1. The van der Waals surface area contributed by atoms with Crippen molar-refractivity contribution in [2.75, 3.05) is 0 Å². The standard InChI is InChI=1S/C15H11N3O2/c19-14(10-4-2-1-3-5-10)8-12-15(20)18-11-6-7-16-9-13(11)17-12/h1-7,9H,8H2,(H,18,20). The maximum Gasteiger partial charge on any atom is 0.270 e. The molecule has 0 aliphatic carbocycles. The number of Topliss-reactive ketones (excluding diaryl/α,β-unsaturated/α-hetero) is 1. The Hall–Kier alpha value is -2.82. The molecule has 5 nitrogen and oxygen atoms in total. The fourth-order valence-corrected chi connectivity index (χ4v) is 1.97. The molecule has 0 spiro atoms. The average Bonchev–Trinajstić information content (AvgIpc) is 2.49. The molecule has 0 unspecified atom stereocenters. The molecule has 0 saturated heterocycles. The fourth-order valence-electron chi connectivity index (χ4n) is 1.97. The Kier molecular flexibility index (Phi) is 3.09. The summed E-state index contributed by atoms with van der Waals surface area (Å²) in [5.41, 5.74) is 1.62. The van der Waals surface area contributed by atoms with E-state index in [4.69, 9.17) is 0 Å². The van der Waals surface area contributed by atoms with Crippen molar-refractivity contribution >= 4 is 16.8 Å². The summed E-state index contributed by atoms with van der Waals surface area (Å²) < 4.78 is 0. The van der Waals surface area contributed by atoms with Crippen LogP contribution in [-0.4, -0.2) is 20.7 Å². The number of ketones is 1. The van der Waals surface area contributed by atoms with E-state index in [0.717, 1.165) is 0 Å². The number of pyridine rings is 1. The van der Waals surface area contributed by atoms with E-state index < -0.39 is 0 Å². The largest absolute Gasteiger partial charge is 0.319 e. The second kappa shape index (κ2) is 5.05. The molecule has 0 saturated carbocycles. The number of nitrogens with zero attached hydrogens (tertiary/aromatic N) is 2. The van der Waals surface area contributed by atoms with Gasteiger partial charge in [0.15, 0.2) is 5.78 Å². The van der Waals surface area contributed by atoms with Crippen LogP contribution in [0.4, 0.5) is 0 Å². The van der Waals surface area contributed by atoms with Gasteiger partial charge < -0.3 is 4.98 Å². The van der Waals surface area contributed by atoms with Gasteiger partial charge in [0.05, 0.1) is 18.1 Å². The summed E-state index contributed by atoms with van der Waals surface area (Å²) >= 11 is 0. The van der Waals surface area contributed by atoms with Crippen LogP contribution in [0.3, 0.4) is 0 Å². The molecular weight excluding hydrogens is 254 g/mol. The Balaban J connectivity index is 1.97. The number of hydrogen-bond donors (Lipinski definition) is 1. The van der Waals surface area contributed by atoms with E-state index in [9.17, 15) is 9.59 Å². The van der Waals surface area contributed by atoms with Crippen molar-refractivity contribution in [2.24, 2.45) is 0 Å². The van der Waals surface area contributed by atoms with Crippen LogP contribution in [0.1, 0.15) is 16.1 Å². The van der Waals surface area contributed by atoms with Crippen molar-refractivity contribution in [1.82, 2.24) is 15.0 Å². The minimum atomic E-state index is -0.340. The Bertz CT molecular complexity index is 825. The van der Waals surface area contributed by atoms with E-state index >= 15 is 0 Å². The molecule has 0 bridgehead atoms. The highest BCUT2D eigenvalue weighted by Crippen LogP contribution is 2.07. The predicted molar refractivity (Wildman–Crippen MR) is 74.6 cm³/mol. The fraction of sp³-hybridized carbons (Fsp3) is 0.0667. The molecule has 1 aromatic carbocycles. The van der Waals surface area contributed by atoms with E-state index in [1.54, 1.807) is 42.7 Å². The first-order valence-corrected chi connectivity index (χ1v) is 6.15. The van der Waals surface area contributed by atoms with Crippen LogP contribution in [0.5, 0.6) is 0 Å². The van der Waals surface area contributed by atoms with Gasteiger partial charge in [-0.3, -0.25) is 14.6 Å². The van der Waals surface area contributed by atoms with Crippen LogP contribution in [0.2, 0.25) is 0 Å². The van der Waals surface area contributed by atoms with Crippen molar-refractivity contribution in [3.05, 3.63) is 70.4 Å². The number of rotatable bonds is 3. The quantitative estimate of drug-likeness (QED) is 0.732. The number of carbonyl (C=O) groups is 1. The topological polar surface area (TPSA) is 75.7 Å². The minimum Gasteiger partial charge on any atom is -0.319 e. The average molecular weight is 265 g/mol. The highest BCUT2D eigenvalue weighted by Gasteiger charge is 2.11. The molecule has 0 radical (unpaired) electrons. The summed E-state index contributed by atoms with van der Waals surface area (Å²) in [6.07, 6.45) is 3.11. The van der Waals surface area contributed by atoms with E-state index in [0.29, 0.717) is 16.6 Å². The molecule has 20 heavy (non-hydrogen) atoms. The molecular formula is C15H11N3O2. The summed E-state index contributed by atoms with van der Waals surface area (Å²) in [4.78, 5) is 34.9. The zero-order chi connectivity index (χ0) is 13.9. The van der Waals surface area contributed by atoms with Gasteiger partial charge >= 0.3 is 0 Å². The number of H-pyrrole nitrogens is 1. The summed E-state index contributed by atoms with van der Waals surface area (Å²) in [5.74, 6) is -0.133. The second-order valence-corrected chi connectivity index (χ2v) is 4.37. The first-order chi connectivity index (χ1) is 9.74. The zero-order valence-corrected chi connectivity index (χ0v) is 10.5. The molecule has 0 atom stereocenters. The van der Waals surface area contributed by atoms with Crippen molar-refractivity contribution in [1.29, 1.82) is 0 Å². The molecule has 3 aromatic rings. The van der Waals surface area contributed by atoms with Crippen LogP contribution in [0.25, 0.3) is 11.0 Å². The number of hydrogen-bond acceptors (Lipinski definition) is 4. The Morgan fingerprint density at radius 1 is 1.15 bits per heavy atom. The van der Waals surface area contributed by atoms with Gasteiger partial charge in [-0.25, -0.2) is 4.98 Å². The first kappa shape index (κ1) is 12.2. The third kappa shape index (κ3) is 2.33. The highest BCUT2D eigenvalue weighted by molar-refractivity contribution is 5.97. The van der Waals surface area contributed by atoms with Gasteiger partial charge in [-0.05, 0) is 6.07 Å². The normalized spacial score (nSPS) is 10.6. The van der Waals surface area contributed by atoms with Crippen LogP contribution in [-0.2, 0) is 6.42 Å². The van der Waals surface area contributed by atoms with E-state index in [-0.39, 0.29) is 23.5 Å². The van der Waals surface area contributed by atoms with E-state index in [1.807, 2.05) is 6.07 Å². The lowest BCUT2D eigenvalue weighted by Gasteiger charge is -2.02. The van der Waals surface area contributed by atoms with Crippen molar-refractivity contribution in [3.63, 3.8) is 0 Å². The smallest absolute Gasteiger partial charge is 0.270 e. The molecule has 2 heterocycles. The predicted octanol–water partition coefficient (Wildman–Crippen LogP) is 1.74. The molecule has 1 N–H and O–H groups in total. The molecule has 2 aromatic heterocycles. The lowest BCUT2D eigenvalue weighted by Crippen LogP contribution is -2.19. The maximum absolute atomic E-state index is 12.1. The second-order valence-electron chi connectivity index (χ2n) is 4.37. The Morgan fingerprint density at radius 2 is 1.95 bits per heavy atom. The summed E-state index contributed by atoms with van der Waals surface area (Å²) in [6.45, 7) is 0. The molecule has 0 amide bonds. The maximum atomic E-state index is 12.1. The Labute approximate surface area is 114 Å². The third-order valence-corrected chi connectivity index (χ3v) is 2.99. The van der Waals surface area contributed by atoms with Crippen LogP contribution in [0, 0.1) is 0 Å². The number of benzene rings is 1. The summed E-state index contributed by atoms with van der Waals surface area (Å²) in [7, 11) is 0. The van der Waals surface area contributed by atoms with Crippen molar-refractivity contribution in [2.45, 2.75) is 6.42 Å². The van der Waals surface area contributed by atoms with Gasteiger partial charge in [-0.1, -0.05) is 30.3 Å². The minimum absolute atomic E-state index is 0.0236. The summed E-state index contributed by atoms with van der Waals surface area (Å²) in [6, 6.07) is 10.5. The third-order valence-electron chi connectivity index (χ3n) is 2.99. The first-order valence-electron chi connectivity index (χ1n) is 6.15. The number of aromatic nitrogens is 3. The monoisotopic (exact) mass is 265 g/mol. The molecule has 0 fully saturated rings. The van der Waals surface area contributed by atoms with Gasteiger partial charge in [-0.15, -0.1) is 0 Å². The summed E-state index contributed by atoms with van der Waals surface area (Å²) in [5, 5.41) is 0. The van der Waals surface area contributed by atoms with Crippen LogP contribution in [0.15, 0.2) is 53.6 Å².